The van der Waals surface area contributed by atoms with Crippen molar-refractivity contribution in [3.05, 3.63) is 58.6 Å². The van der Waals surface area contributed by atoms with Crippen LogP contribution in [-0.2, 0) is 15.1 Å². The molecule has 0 bridgehead atoms. The van der Waals surface area contributed by atoms with Crippen LogP contribution >= 0.6 is 11.6 Å². The summed E-state index contributed by atoms with van der Waals surface area (Å²) in [5.74, 6) is -1.07. The van der Waals surface area contributed by atoms with Crippen LogP contribution in [-0.4, -0.2) is 52.8 Å². The molecule has 0 aromatic heterocycles. The van der Waals surface area contributed by atoms with Crippen molar-refractivity contribution in [1.29, 1.82) is 0 Å². The summed E-state index contributed by atoms with van der Waals surface area (Å²) in [7, 11) is 1.49. The van der Waals surface area contributed by atoms with E-state index in [1.807, 2.05) is 0 Å². The molecule has 0 aliphatic carbocycles. The normalized spacial score (nSPS) is 26.8. The molecule has 1 unspecified atom stereocenters. The van der Waals surface area contributed by atoms with Gasteiger partial charge in [-0.25, -0.2) is 0 Å². The summed E-state index contributed by atoms with van der Waals surface area (Å²) in [6.45, 7) is 0.0222. The highest BCUT2D eigenvalue weighted by atomic mass is 35.5. The Hall–Kier alpha value is -2.61. The first kappa shape index (κ1) is 18.7. The Morgan fingerprint density at radius 1 is 1.29 bits per heavy atom. The minimum Gasteiger partial charge on any atom is -0.496 e. The lowest BCUT2D eigenvalue weighted by Crippen LogP contribution is -2.56. The Morgan fingerprint density at radius 2 is 2.04 bits per heavy atom. The number of hydrogen-bond acceptors (Lipinski definition) is 5. The van der Waals surface area contributed by atoms with E-state index in [-0.39, 0.29) is 13.0 Å². The number of likely N-dealkylation sites (tertiary alicyclic amines) is 1. The number of aliphatic hydroxyl groups is 1. The molecule has 2 heterocycles. The van der Waals surface area contributed by atoms with E-state index in [9.17, 15) is 19.8 Å². The van der Waals surface area contributed by atoms with E-state index >= 15 is 0 Å². The van der Waals surface area contributed by atoms with Gasteiger partial charge in [0, 0.05) is 34.8 Å². The number of halogens is 1. The molecule has 3 N–H and O–H groups in total. The second kappa shape index (κ2) is 6.77. The number of rotatable bonds is 4. The third-order valence-electron chi connectivity index (χ3n) is 5.44. The molecule has 7 nitrogen and oxygen atoms in total. The highest BCUT2D eigenvalue weighted by Gasteiger charge is 2.59. The number of benzene rings is 2. The molecule has 2 aliphatic heterocycles. The molecule has 2 aliphatic rings. The second-order valence-corrected chi connectivity index (χ2v) is 7.39. The fraction of sp³-hybridized carbons (Fsp3) is 0.300. The van der Waals surface area contributed by atoms with Crippen molar-refractivity contribution in [3.63, 3.8) is 0 Å². The highest BCUT2D eigenvalue weighted by molar-refractivity contribution is 6.31. The number of anilines is 1. The monoisotopic (exact) mass is 402 g/mol. The van der Waals surface area contributed by atoms with Gasteiger partial charge in [0.1, 0.15) is 11.8 Å². The van der Waals surface area contributed by atoms with E-state index in [1.165, 1.54) is 12.0 Å². The van der Waals surface area contributed by atoms with Gasteiger partial charge in [-0.05, 0) is 24.3 Å². The molecule has 0 radical (unpaired) electrons. The molecular formula is C20H19ClN2O5. The summed E-state index contributed by atoms with van der Waals surface area (Å²) in [5.41, 5.74) is 0.0879. The maximum atomic E-state index is 13.5. The van der Waals surface area contributed by atoms with Crippen LogP contribution in [0.25, 0.3) is 0 Å². The molecule has 2 aromatic rings. The van der Waals surface area contributed by atoms with Gasteiger partial charge >= 0.3 is 5.97 Å². The van der Waals surface area contributed by atoms with Gasteiger partial charge in [0.2, 0.25) is 0 Å². The van der Waals surface area contributed by atoms with Crippen molar-refractivity contribution in [2.24, 2.45) is 0 Å². The van der Waals surface area contributed by atoms with Gasteiger partial charge in [-0.1, -0.05) is 29.8 Å². The lowest BCUT2D eigenvalue weighted by atomic mass is 9.81. The van der Waals surface area contributed by atoms with Crippen molar-refractivity contribution in [2.75, 3.05) is 19.0 Å². The second-order valence-electron chi connectivity index (χ2n) is 6.95. The van der Waals surface area contributed by atoms with Crippen LogP contribution in [0.2, 0.25) is 5.02 Å². The number of aliphatic hydroxyl groups excluding tert-OH is 1. The zero-order chi connectivity index (χ0) is 20.1. The Kier molecular flexibility index (Phi) is 4.53. The van der Waals surface area contributed by atoms with Crippen molar-refractivity contribution >= 4 is 29.2 Å². The minimum atomic E-state index is -1.49. The van der Waals surface area contributed by atoms with E-state index in [1.54, 1.807) is 42.5 Å². The number of nitrogens with one attached hydrogen (secondary N) is 1. The maximum absolute atomic E-state index is 13.5. The quantitative estimate of drug-likeness (QED) is 0.724. The molecule has 0 spiro atoms. The lowest BCUT2D eigenvalue weighted by Gasteiger charge is -2.40. The van der Waals surface area contributed by atoms with Gasteiger partial charge in [-0.15, -0.1) is 0 Å². The van der Waals surface area contributed by atoms with Crippen LogP contribution in [0, 0.1) is 0 Å². The van der Waals surface area contributed by atoms with Gasteiger partial charge < -0.3 is 20.3 Å². The number of β-amino-alcohol motifs (C(OH)–C–C–N with tert-alkyl or cyclic N) is 1. The molecule has 4 rings (SSSR count). The standard InChI is InChI=1S/C20H19ClN2O5/c1-28-17-5-3-2-4-13(17)20(23-10-12(24)9-16(23)18(25)26)14-8-11(21)6-7-15(14)22-19(20)27/h2-8,12,16,24H,9-10H2,1H3,(H,22,27)(H,25,26)/t12-,16+,20?/m1/s1. The number of carbonyl (C=O) groups excluding carboxylic acids is 1. The third kappa shape index (κ3) is 2.58. The van der Waals surface area contributed by atoms with Gasteiger partial charge in [-0.2, -0.15) is 0 Å². The van der Waals surface area contributed by atoms with Gasteiger partial charge in [0.25, 0.3) is 5.91 Å². The van der Waals surface area contributed by atoms with Crippen LogP contribution in [0.5, 0.6) is 5.75 Å². The number of methoxy groups -OCH3 is 1. The van der Waals surface area contributed by atoms with Gasteiger partial charge in [0.15, 0.2) is 5.54 Å². The molecule has 2 aromatic carbocycles. The number of ether oxygens (including phenoxy) is 1. The van der Waals surface area contributed by atoms with E-state index in [0.717, 1.165) is 0 Å². The molecule has 28 heavy (non-hydrogen) atoms. The predicted octanol–water partition coefficient (Wildman–Crippen LogP) is 2.06. The average molecular weight is 403 g/mol. The summed E-state index contributed by atoms with van der Waals surface area (Å²) in [5, 5.41) is 23.3. The van der Waals surface area contributed by atoms with E-state index < -0.39 is 29.6 Å². The van der Waals surface area contributed by atoms with E-state index in [2.05, 4.69) is 5.32 Å². The van der Waals surface area contributed by atoms with Gasteiger partial charge in [0.05, 0.1) is 13.2 Å². The highest BCUT2D eigenvalue weighted by Crippen LogP contribution is 2.51. The van der Waals surface area contributed by atoms with Crippen LogP contribution in [0.15, 0.2) is 42.5 Å². The SMILES string of the molecule is COc1ccccc1C1(N2C[C@H](O)C[C@H]2C(=O)O)C(=O)Nc2ccc(Cl)cc21. The number of carbonyl (C=O) groups is 2. The van der Waals surface area contributed by atoms with Crippen molar-refractivity contribution in [3.8, 4) is 5.75 Å². The molecular weight excluding hydrogens is 384 g/mol. The Morgan fingerprint density at radius 3 is 2.75 bits per heavy atom. The van der Waals surface area contributed by atoms with Crippen molar-refractivity contribution in [2.45, 2.75) is 24.1 Å². The number of aliphatic carboxylic acids is 1. The topological polar surface area (TPSA) is 99.1 Å². The first-order valence-electron chi connectivity index (χ1n) is 8.82. The number of fused-ring (bicyclic) bond motifs is 1. The first-order chi connectivity index (χ1) is 13.4. The van der Waals surface area contributed by atoms with Gasteiger partial charge in [-0.3, -0.25) is 14.5 Å². The Labute approximate surface area is 166 Å². The Bertz CT molecular complexity index is 965. The fourth-order valence-electron chi connectivity index (χ4n) is 4.33. The maximum Gasteiger partial charge on any atom is 0.321 e. The molecule has 1 saturated heterocycles. The first-order valence-corrected chi connectivity index (χ1v) is 9.20. The van der Waals surface area contributed by atoms with Crippen molar-refractivity contribution < 1.29 is 24.5 Å². The van der Waals surface area contributed by atoms with E-state index in [4.69, 9.17) is 16.3 Å². The predicted molar refractivity (Wildman–Crippen MR) is 103 cm³/mol. The molecule has 1 fully saturated rings. The number of carboxylic acids is 1. The molecule has 146 valence electrons. The zero-order valence-electron chi connectivity index (χ0n) is 15.1. The summed E-state index contributed by atoms with van der Waals surface area (Å²) >= 11 is 6.24. The molecule has 3 atom stereocenters. The minimum absolute atomic E-state index is 0.0222. The molecule has 1 amide bonds. The number of para-hydroxylation sites is 1. The van der Waals surface area contributed by atoms with Crippen LogP contribution in [0.3, 0.4) is 0 Å². The number of carboxylic acid groups (broad SMARTS) is 1. The number of amides is 1. The van der Waals surface area contributed by atoms with Crippen LogP contribution < -0.4 is 10.1 Å². The average Bonchev–Trinajstić information content (AvgIpc) is 3.19. The Balaban J connectivity index is 2.05. The molecule has 0 saturated carbocycles. The fourth-order valence-corrected chi connectivity index (χ4v) is 4.50. The number of hydrogen-bond donors (Lipinski definition) is 3. The van der Waals surface area contributed by atoms with E-state index in [0.29, 0.717) is 27.6 Å². The lowest BCUT2D eigenvalue weighted by molar-refractivity contribution is -0.145. The summed E-state index contributed by atoms with van der Waals surface area (Å²) < 4.78 is 5.51. The summed E-state index contributed by atoms with van der Waals surface area (Å²) in [6, 6.07) is 10.9. The largest absolute Gasteiger partial charge is 0.496 e. The zero-order valence-corrected chi connectivity index (χ0v) is 15.8. The molecule has 8 heteroatoms. The summed E-state index contributed by atoms with van der Waals surface area (Å²) in [6.07, 6.45) is -0.848. The van der Waals surface area contributed by atoms with Crippen LogP contribution in [0.4, 0.5) is 5.69 Å². The van der Waals surface area contributed by atoms with Crippen molar-refractivity contribution in [1.82, 2.24) is 4.90 Å². The smallest absolute Gasteiger partial charge is 0.321 e. The van der Waals surface area contributed by atoms with Crippen LogP contribution in [0.1, 0.15) is 17.5 Å². The third-order valence-corrected chi connectivity index (χ3v) is 5.67. The summed E-state index contributed by atoms with van der Waals surface area (Å²) in [4.78, 5) is 27.0. The number of nitrogens with zero attached hydrogens (tertiary/aromatic N) is 1.